The fraction of sp³-hybridized carbons (Fsp3) is 0.529. The molecule has 0 saturated carbocycles. The second-order valence-electron chi connectivity index (χ2n) is 6.86. The lowest BCUT2D eigenvalue weighted by Crippen LogP contribution is -2.41. The Labute approximate surface area is 130 Å². The van der Waals surface area contributed by atoms with Gasteiger partial charge in [0.05, 0.1) is 0 Å². The van der Waals surface area contributed by atoms with E-state index in [1.54, 1.807) is 12.1 Å². The zero-order valence-electron chi connectivity index (χ0n) is 13.3. The van der Waals surface area contributed by atoms with Gasteiger partial charge in [-0.15, -0.1) is 0 Å². The van der Waals surface area contributed by atoms with Crippen molar-refractivity contribution in [1.29, 1.82) is 0 Å². The van der Waals surface area contributed by atoms with Crippen molar-refractivity contribution in [1.82, 2.24) is 10.6 Å². The van der Waals surface area contributed by atoms with Gasteiger partial charge >= 0.3 is 0 Å². The molecule has 2 amide bonds. The van der Waals surface area contributed by atoms with Crippen LogP contribution in [0.1, 0.15) is 26.3 Å². The van der Waals surface area contributed by atoms with Crippen LogP contribution in [0.5, 0.6) is 0 Å². The summed E-state index contributed by atoms with van der Waals surface area (Å²) in [4.78, 5) is 24.3. The molecule has 2 atom stereocenters. The number of hydrogen-bond acceptors (Lipinski definition) is 2. The van der Waals surface area contributed by atoms with Crippen LogP contribution in [-0.4, -0.2) is 24.9 Å². The lowest BCUT2D eigenvalue weighted by atomic mass is 9.74. The van der Waals surface area contributed by atoms with E-state index in [1.165, 1.54) is 12.1 Å². The Kier molecular flexibility index (Phi) is 4.84. The minimum atomic E-state index is -0.631. The largest absolute Gasteiger partial charge is 0.355 e. The van der Waals surface area contributed by atoms with Gasteiger partial charge in [-0.05, 0) is 29.5 Å². The third-order valence-corrected chi connectivity index (χ3v) is 4.20. The number of halogens is 1. The fourth-order valence-corrected chi connectivity index (χ4v) is 2.82. The highest BCUT2D eigenvalue weighted by Crippen LogP contribution is 2.35. The summed E-state index contributed by atoms with van der Waals surface area (Å²) in [6.45, 7) is 7.09. The van der Waals surface area contributed by atoms with Crippen molar-refractivity contribution in [3.63, 3.8) is 0 Å². The highest BCUT2D eigenvalue weighted by atomic mass is 19.1. The summed E-state index contributed by atoms with van der Waals surface area (Å²) in [5, 5.41) is 5.61. The predicted octanol–water partition coefficient (Wildman–Crippen LogP) is 1.89. The van der Waals surface area contributed by atoms with Crippen LogP contribution in [0, 0.1) is 23.1 Å². The normalized spacial score (nSPS) is 21.5. The zero-order chi connectivity index (χ0) is 16.3. The average Bonchev–Trinajstić information content (AvgIpc) is 2.83. The molecule has 1 aliphatic heterocycles. The van der Waals surface area contributed by atoms with Gasteiger partial charge in [0.25, 0.3) is 0 Å². The minimum Gasteiger partial charge on any atom is -0.355 e. The second-order valence-corrected chi connectivity index (χ2v) is 6.86. The van der Waals surface area contributed by atoms with Crippen LogP contribution in [-0.2, 0) is 16.0 Å². The lowest BCUT2D eigenvalue weighted by Gasteiger charge is -2.29. The van der Waals surface area contributed by atoms with E-state index < -0.39 is 5.92 Å². The molecular formula is C17H23FN2O2. The SMILES string of the molecule is CC(C)(C)[C@@H]1CNC(=O)[C@@H]1C(=O)NCCc1ccc(F)cc1. The van der Waals surface area contributed by atoms with Gasteiger partial charge in [-0.2, -0.15) is 0 Å². The summed E-state index contributed by atoms with van der Waals surface area (Å²) >= 11 is 0. The standard InChI is InChI=1S/C17H23FN2O2/c1-17(2,3)13-10-20-16(22)14(13)15(21)19-9-8-11-4-6-12(18)7-5-11/h4-7,13-14H,8-10H2,1-3H3,(H,19,21)(H,20,22)/t13-,14+/m1/s1. The molecule has 1 aromatic carbocycles. The van der Waals surface area contributed by atoms with E-state index in [0.717, 1.165) is 5.56 Å². The van der Waals surface area contributed by atoms with E-state index >= 15 is 0 Å². The second kappa shape index (κ2) is 6.46. The van der Waals surface area contributed by atoms with Crippen LogP contribution in [0.25, 0.3) is 0 Å². The Hall–Kier alpha value is -1.91. The monoisotopic (exact) mass is 306 g/mol. The molecule has 0 aromatic heterocycles. The summed E-state index contributed by atoms with van der Waals surface area (Å²) in [6.07, 6.45) is 0.612. The minimum absolute atomic E-state index is 0.00850. The fourth-order valence-electron chi connectivity index (χ4n) is 2.82. The molecule has 0 bridgehead atoms. The molecule has 2 N–H and O–H groups in total. The van der Waals surface area contributed by atoms with Crippen molar-refractivity contribution in [2.75, 3.05) is 13.1 Å². The number of nitrogens with one attached hydrogen (secondary N) is 2. The Morgan fingerprint density at radius 1 is 1.32 bits per heavy atom. The molecule has 1 aliphatic rings. The van der Waals surface area contributed by atoms with E-state index in [4.69, 9.17) is 0 Å². The van der Waals surface area contributed by atoms with Gasteiger partial charge in [-0.1, -0.05) is 32.9 Å². The highest BCUT2D eigenvalue weighted by molar-refractivity contribution is 6.02. The van der Waals surface area contributed by atoms with E-state index in [-0.39, 0.29) is 29.0 Å². The van der Waals surface area contributed by atoms with Crippen LogP contribution < -0.4 is 10.6 Å². The summed E-state index contributed by atoms with van der Waals surface area (Å²) in [5.41, 5.74) is 0.836. The van der Waals surface area contributed by atoms with Crippen LogP contribution in [0.2, 0.25) is 0 Å². The smallest absolute Gasteiger partial charge is 0.232 e. The topological polar surface area (TPSA) is 58.2 Å². The number of amides is 2. The maximum atomic E-state index is 12.8. The molecule has 22 heavy (non-hydrogen) atoms. The van der Waals surface area contributed by atoms with Gasteiger partial charge in [-0.3, -0.25) is 9.59 Å². The zero-order valence-corrected chi connectivity index (χ0v) is 13.3. The maximum Gasteiger partial charge on any atom is 0.232 e. The van der Waals surface area contributed by atoms with Gasteiger partial charge < -0.3 is 10.6 Å². The van der Waals surface area contributed by atoms with Crippen LogP contribution >= 0.6 is 0 Å². The third-order valence-electron chi connectivity index (χ3n) is 4.20. The van der Waals surface area contributed by atoms with Crippen molar-refractivity contribution in [2.24, 2.45) is 17.3 Å². The first-order chi connectivity index (χ1) is 10.3. The van der Waals surface area contributed by atoms with E-state index in [0.29, 0.717) is 19.5 Å². The van der Waals surface area contributed by atoms with Gasteiger partial charge in [0.2, 0.25) is 11.8 Å². The molecule has 1 aromatic rings. The predicted molar refractivity (Wildman–Crippen MR) is 82.6 cm³/mol. The molecule has 0 unspecified atom stereocenters. The van der Waals surface area contributed by atoms with E-state index in [2.05, 4.69) is 10.6 Å². The number of hydrogen-bond donors (Lipinski definition) is 2. The molecule has 5 heteroatoms. The van der Waals surface area contributed by atoms with Gasteiger partial charge in [0.15, 0.2) is 0 Å². The Morgan fingerprint density at radius 2 is 1.95 bits per heavy atom. The Balaban J connectivity index is 1.91. The molecular weight excluding hydrogens is 283 g/mol. The summed E-state index contributed by atoms with van der Waals surface area (Å²) in [6, 6.07) is 6.19. The van der Waals surface area contributed by atoms with Gasteiger partial charge in [-0.25, -0.2) is 4.39 Å². The Bertz CT molecular complexity index is 549. The first-order valence-corrected chi connectivity index (χ1v) is 7.59. The molecule has 120 valence electrons. The summed E-state index contributed by atoms with van der Waals surface area (Å²) < 4.78 is 12.8. The molecule has 1 saturated heterocycles. The first-order valence-electron chi connectivity index (χ1n) is 7.59. The number of benzene rings is 1. The molecule has 0 spiro atoms. The van der Waals surface area contributed by atoms with Crippen molar-refractivity contribution in [2.45, 2.75) is 27.2 Å². The number of carbonyl (C=O) groups excluding carboxylic acids is 2. The maximum absolute atomic E-state index is 12.8. The Morgan fingerprint density at radius 3 is 2.55 bits per heavy atom. The molecule has 4 nitrogen and oxygen atoms in total. The van der Waals surface area contributed by atoms with Gasteiger partial charge in [0, 0.05) is 19.0 Å². The first kappa shape index (κ1) is 16.5. The van der Waals surface area contributed by atoms with Gasteiger partial charge in [0.1, 0.15) is 11.7 Å². The molecule has 2 rings (SSSR count). The van der Waals surface area contributed by atoms with Crippen molar-refractivity contribution in [3.05, 3.63) is 35.6 Å². The lowest BCUT2D eigenvalue weighted by molar-refractivity contribution is -0.135. The molecule has 0 aliphatic carbocycles. The van der Waals surface area contributed by atoms with E-state index in [9.17, 15) is 14.0 Å². The highest BCUT2D eigenvalue weighted by Gasteiger charge is 2.45. The van der Waals surface area contributed by atoms with Crippen molar-refractivity contribution < 1.29 is 14.0 Å². The van der Waals surface area contributed by atoms with Crippen LogP contribution in [0.4, 0.5) is 4.39 Å². The van der Waals surface area contributed by atoms with E-state index in [1.807, 2.05) is 20.8 Å². The summed E-state index contributed by atoms with van der Waals surface area (Å²) in [7, 11) is 0. The van der Waals surface area contributed by atoms with Crippen LogP contribution in [0.15, 0.2) is 24.3 Å². The third kappa shape index (κ3) is 3.84. The molecule has 1 heterocycles. The number of carbonyl (C=O) groups is 2. The van der Waals surface area contributed by atoms with Crippen LogP contribution in [0.3, 0.4) is 0 Å². The molecule has 0 radical (unpaired) electrons. The number of rotatable bonds is 4. The van der Waals surface area contributed by atoms with Crippen molar-refractivity contribution >= 4 is 11.8 Å². The average molecular weight is 306 g/mol. The van der Waals surface area contributed by atoms with Crippen molar-refractivity contribution in [3.8, 4) is 0 Å². The molecule has 1 fully saturated rings. The summed E-state index contributed by atoms with van der Waals surface area (Å²) in [5.74, 6) is -1.33. The quantitative estimate of drug-likeness (QED) is 0.835.